The second-order valence-corrected chi connectivity index (χ2v) is 20.5. The van der Waals surface area contributed by atoms with Gasteiger partial charge < -0.3 is 39.9 Å². The van der Waals surface area contributed by atoms with Crippen molar-refractivity contribution in [3.8, 4) is 0 Å². The number of phosphoric acid groups is 1. The van der Waals surface area contributed by atoms with Crippen LogP contribution in [0.2, 0.25) is 0 Å². The van der Waals surface area contributed by atoms with Crippen molar-refractivity contribution in [3.05, 3.63) is 0 Å². The van der Waals surface area contributed by atoms with Gasteiger partial charge in [-0.15, -0.1) is 0 Å². The molecule has 1 saturated carbocycles. The highest BCUT2D eigenvalue weighted by atomic mass is 31.2. The Labute approximate surface area is 391 Å². The molecular formula is C51H101O12P. The van der Waals surface area contributed by atoms with Crippen molar-refractivity contribution in [2.45, 2.75) is 301 Å². The van der Waals surface area contributed by atoms with Crippen LogP contribution >= 0.6 is 7.82 Å². The van der Waals surface area contributed by atoms with Crippen LogP contribution in [0.4, 0.5) is 0 Å². The summed E-state index contributed by atoms with van der Waals surface area (Å²) in [5, 5.41) is 50.3. The van der Waals surface area contributed by atoms with Crippen LogP contribution in [0.25, 0.3) is 0 Å². The highest BCUT2D eigenvalue weighted by molar-refractivity contribution is 7.47. The van der Waals surface area contributed by atoms with Gasteiger partial charge in [0.15, 0.2) is 0 Å². The summed E-state index contributed by atoms with van der Waals surface area (Å²) in [4.78, 5) is 23.3. The summed E-state index contributed by atoms with van der Waals surface area (Å²) >= 11 is 0. The van der Waals surface area contributed by atoms with Crippen LogP contribution < -0.4 is 0 Å². The lowest BCUT2D eigenvalue weighted by Gasteiger charge is -2.41. The maximum atomic E-state index is 12.9. The molecule has 0 aromatic heterocycles. The topological polar surface area (TPSA) is 192 Å². The van der Waals surface area contributed by atoms with Crippen LogP contribution in [0.3, 0.4) is 0 Å². The Morgan fingerprint density at radius 1 is 0.438 bits per heavy atom. The van der Waals surface area contributed by atoms with Crippen molar-refractivity contribution in [1.82, 2.24) is 0 Å². The van der Waals surface area contributed by atoms with Gasteiger partial charge in [-0.3, -0.25) is 13.8 Å². The summed E-state index contributed by atoms with van der Waals surface area (Å²) in [5.41, 5.74) is 0. The SMILES string of the molecule is CCCCCCCCCCCCCCCCCCCCCCCC(=O)OC(COCCCCCCCCCCCCCCCCCC)COP(=O)(O)OC1C(O)C(O)C(O)C(O)C1O. The largest absolute Gasteiger partial charge is 0.472 e. The van der Waals surface area contributed by atoms with E-state index in [2.05, 4.69) is 13.8 Å². The molecule has 0 heterocycles. The molecule has 13 heteroatoms. The summed E-state index contributed by atoms with van der Waals surface area (Å²) in [7, 11) is -5.01. The Balaban J connectivity index is 2.29. The third-order valence-corrected chi connectivity index (χ3v) is 14.0. The zero-order chi connectivity index (χ0) is 46.9. The molecule has 0 bridgehead atoms. The molecule has 1 fully saturated rings. The van der Waals surface area contributed by atoms with Gasteiger partial charge in [0.1, 0.15) is 42.7 Å². The quantitative estimate of drug-likeness (QED) is 0.0192. The normalized spacial score (nSPS) is 21.6. The second kappa shape index (κ2) is 42.4. The van der Waals surface area contributed by atoms with Gasteiger partial charge in [0, 0.05) is 13.0 Å². The molecule has 0 saturated heterocycles. The van der Waals surface area contributed by atoms with Crippen molar-refractivity contribution < 1.29 is 58.3 Å². The third-order valence-electron chi connectivity index (χ3n) is 13.0. The number of rotatable bonds is 47. The minimum absolute atomic E-state index is 0.0674. The van der Waals surface area contributed by atoms with E-state index in [1.54, 1.807) is 0 Å². The van der Waals surface area contributed by atoms with E-state index in [-0.39, 0.29) is 13.0 Å². The van der Waals surface area contributed by atoms with Gasteiger partial charge in [-0.25, -0.2) is 4.57 Å². The van der Waals surface area contributed by atoms with Crippen molar-refractivity contribution in [3.63, 3.8) is 0 Å². The van der Waals surface area contributed by atoms with Crippen molar-refractivity contribution >= 4 is 13.8 Å². The van der Waals surface area contributed by atoms with Gasteiger partial charge in [-0.05, 0) is 12.8 Å². The summed E-state index contributed by atoms with van der Waals surface area (Å²) in [6, 6.07) is 0. The van der Waals surface area contributed by atoms with Gasteiger partial charge >= 0.3 is 13.8 Å². The molecule has 12 nitrogen and oxygen atoms in total. The number of aliphatic hydroxyl groups excluding tert-OH is 5. The number of carbonyl (C=O) groups excluding carboxylic acids is 1. The van der Waals surface area contributed by atoms with Crippen molar-refractivity contribution in [2.24, 2.45) is 0 Å². The van der Waals surface area contributed by atoms with E-state index < -0.39 is 63.1 Å². The number of aliphatic hydroxyl groups is 5. The molecule has 1 aliphatic rings. The molecule has 6 N–H and O–H groups in total. The Hall–Kier alpha value is -0.660. The monoisotopic (exact) mass is 937 g/mol. The molecule has 0 amide bonds. The lowest BCUT2D eigenvalue weighted by molar-refractivity contribution is -0.220. The van der Waals surface area contributed by atoms with E-state index in [1.165, 1.54) is 193 Å². The van der Waals surface area contributed by atoms with Gasteiger partial charge in [-0.1, -0.05) is 239 Å². The van der Waals surface area contributed by atoms with E-state index >= 15 is 0 Å². The molecule has 0 aliphatic heterocycles. The number of unbranched alkanes of at least 4 members (excludes halogenated alkanes) is 35. The van der Waals surface area contributed by atoms with E-state index in [0.29, 0.717) is 13.0 Å². The molecule has 1 rings (SSSR count). The second-order valence-electron chi connectivity index (χ2n) is 19.1. The first kappa shape index (κ1) is 61.4. The van der Waals surface area contributed by atoms with Gasteiger partial charge in [-0.2, -0.15) is 0 Å². The van der Waals surface area contributed by atoms with Crippen molar-refractivity contribution in [2.75, 3.05) is 19.8 Å². The first-order valence-electron chi connectivity index (χ1n) is 26.9. The average Bonchev–Trinajstić information content (AvgIpc) is 3.28. The van der Waals surface area contributed by atoms with E-state index in [4.69, 9.17) is 18.5 Å². The van der Waals surface area contributed by atoms with Crippen LogP contribution in [-0.2, 0) is 27.9 Å². The maximum Gasteiger partial charge on any atom is 0.472 e. The number of esters is 1. The number of hydrogen-bond donors (Lipinski definition) is 6. The van der Waals surface area contributed by atoms with Crippen LogP contribution in [0.1, 0.15) is 258 Å². The van der Waals surface area contributed by atoms with Crippen molar-refractivity contribution in [1.29, 1.82) is 0 Å². The van der Waals surface area contributed by atoms with Gasteiger partial charge in [0.25, 0.3) is 0 Å². The summed E-state index contributed by atoms with van der Waals surface area (Å²) in [6.07, 6.45) is 34.6. The molecule has 0 spiro atoms. The lowest BCUT2D eigenvalue weighted by atomic mass is 9.85. The van der Waals surface area contributed by atoms with Crippen LogP contribution in [0, 0.1) is 0 Å². The number of ether oxygens (including phenoxy) is 2. The average molecular weight is 937 g/mol. The fourth-order valence-electron chi connectivity index (χ4n) is 8.71. The molecule has 6 atom stereocenters. The first-order valence-corrected chi connectivity index (χ1v) is 28.4. The third kappa shape index (κ3) is 33.8. The minimum atomic E-state index is -5.01. The zero-order valence-corrected chi connectivity index (χ0v) is 42.0. The Kier molecular flexibility index (Phi) is 40.7. The summed E-state index contributed by atoms with van der Waals surface area (Å²) < 4.78 is 34.3. The fraction of sp³-hybridized carbons (Fsp3) is 0.980. The van der Waals surface area contributed by atoms with E-state index in [9.17, 15) is 39.8 Å². The molecule has 0 radical (unpaired) electrons. The maximum absolute atomic E-state index is 12.9. The highest BCUT2D eigenvalue weighted by Crippen LogP contribution is 2.47. The molecule has 0 aromatic rings. The minimum Gasteiger partial charge on any atom is -0.457 e. The van der Waals surface area contributed by atoms with Crippen LogP contribution in [-0.4, -0.2) is 98.9 Å². The first-order chi connectivity index (χ1) is 31.0. The number of hydrogen-bond acceptors (Lipinski definition) is 11. The molecule has 382 valence electrons. The number of phosphoric ester groups is 1. The number of carbonyl (C=O) groups is 1. The summed E-state index contributed by atoms with van der Waals surface area (Å²) in [5.74, 6) is -0.468. The predicted octanol–water partition coefficient (Wildman–Crippen LogP) is 12.1. The van der Waals surface area contributed by atoms with Gasteiger partial charge in [0.2, 0.25) is 0 Å². The fourth-order valence-corrected chi connectivity index (χ4v) is 9.68. The van der Waals surface area contributed by atoms with E-state index in [1.807, 2.05) is 0 Å². The summed E-state index contributed by atoms with van der Waals surface area (Å²) in [6.45, 7) is 4.33. The smallest absolute Gasteiger partial charge is 0.457 e. The van der Waals surface area contributed by atoms with E-state index in [0.717, 1.165) is 38.5 Å². The van der Waals surface area contributed by atoms with Crippen LogP contribution in [0.15, 0.2) is 0 Å². The highest BCUT2D eigenvalue weighted by Gasteiger charge is 2.51. The molecule has 64 heavy (non-hydrogen) atoms. The molecule has 0 aromatic carbocycles. The Morgan fingerprint density at radius 2 is 0.734 bits per heavy atom. The Morgan fingerprint density at radius 3 is 1.08 bits per heavy atom. The van der Waals surface area contributed by atoms with Gasteiger partial charge in [0.05, 0.1) is 13.2 Å². The molecule has 6 unspecified atom stereocenters. The molecular weight excluding hydrogens is 836 g/mol. The Bertz CT molecular complexity index is 1070. The standard InChI is InChI=1S/C51H101O12P/c1-3-5-7-9-11-13-15-17-19-21-22-23-24-25-26-28-30-32-34-36-38-40-45(52)62-44(43-61-64(58,59)63-51-49(56)47(54)46(53)48(55)50(51)57)42-60-41-39-37-35-33-31-29-27-20-18-16-14-12-10-8-6-4-2/h44,46-51,53-57H,3-43H2,1-2H3,(H,58,59). The van der Waals surface area contributed by atoms with Crippen LogP contribution in [0.5, 0.6) is 0 Å². The predicted molar refractivity (Wildman–Crippen MR) is 258 cm³/mol. The lowest BCUT2D eigenvalue weighted by Crippen LogP contribution is -2.64. The zero-order valence-electron chi connectivity index (χ0n) is 41.1. The molecule has 1 aliphatic carbocycles.